The Morgan fingerprint density at radius 1 is 0.808 bits per heavy atom. The molecule has 0 amide bonds. The quantitative estimate of drug-likeness (QED) is 0.324. The van der Waals surface area contributed by atoms with E-state index in [9.17, 15) is 53.1 Å². The summed E-state index contributed by atoms with van der Waals surface area (Å²) in [4.78, 5) is 10.6. The molecule has 0 fully saturated rings. The first-order chi connectivity index (χ1) is 11.4. The normalized spacial score (nSPS) is 14.5. The van der Waals surface area contributed by atoms with E-state index in [4.69, 9.17) is 0 Å². The number of carbonyl (C=O) groups excluding carboxylic acids is 1. The Labute approximate surface area is 138 Å². The number of alkyl halides is 11. The second kappa shape index (κ2) is 8.10. The van der Waals surface area contributed by atoms with Crippen LogP contribution in [0.15, 0.2) is 0 Å². The molecule has 156 valence electrons. The lowest BCUT2D eigenvalue weighted by Crippen LogP contribution is -2.61. The highest BCUT2D eigenvalue weighted by Gasteiger charge is 2.79. The van der Waals surface area contributed by atoms with Gasteiger partial charge in [-0.15, -0.1) is 0 Å². The minimum atomic E-state index is -7.11. The van der Waals surface area contributed by atoms with Gasteiger partial charge in [0.05, 0.1) is 26.7 Å². The van der Waals surface area contributed by atoms with Gasteiger partial charge in [0.1, 0.15) is 0 Å². The van der Waals surface area contributed by atoms with Crippen LogP contribution in [0.3, 0.4) is 0 Å². The minimum Gasteiger partial charge on any atom is -0.469 e. The highest BCUT2D eigenvalue weighted by Crippen LogP contribution is 2.52. The zero-order valence-electron chi connectivity index (χ0n) is 12.6. The van der Waals surface area contributed by atoms with Crippen LogP contribution in [0.2, 0.25) is 0 Å². The maximum absolute atomic E-state index is 13.2. The van der Waals surface area contributed by atoms with Crippen molar-refractivity contribution in [3.8, 4) is 0 Å². The van der Waals surface area contributed by atoms with Gasteiger partial charge in [-0.2, -0.15) is 48.3 Å². The molecule has 0 aromatic rings. The van der Waals surface area contributed by atoms with Crippen molar-refractivity contribution < 1.29 is 67.3 Å². The van der Waals surface area contributed by atoms with Crippen molar-refractivity contribution in [1.29, 1.82) is 0 Å². The van der Waals surface area contributed by atoms with Crippen LogP contribution in [0.25, 0.3) is 0 Å². The average molecular weight is 416 g/mol. The van der Waals surface area contributed by atoms with Crippen LogP contribution in [0.4, 0.5) is 48.3 Å². The Hall–Kier alpha value is -1.38. The Morgan fingerprint density at radius 2 is 1.27 bits per heavy atom. The number of hydrogen-bond donors (Lipinski definition) is 0. The molecule has 15 heteroatoms. The molecule has 0 aliphatic carbocycles. The monoisotopic (exact) mass is 416 g/mol. The van der Waals surface area contributed by atoms with E-state index in [-0.39, 0.29) is 0 Å². The van der Waals surface area contributed by atoms with Crippen molar-refractivity contribution in [2.24, 2.45) is 0 Å². The van der Waals surface area contributed by atoms with Crippen molar-refractivity contribution in [2.75, 3.05) is 20.3 Å². The molecule has 4 nitrogen and oxygen atoms in total. The molecule has 0 bridgehead atoms. The predicted octanol–water partition coefficient (Wildman–Crippen LogP) is 3.99. The van der Waals surface area contributed by atoms with Gasteiger partial charge >= 0.3 is 36.2 Å². The number of esters is 1. The molecule has 0 radical (unpaired) electrons. The maximum Gasteiger partial charge on any atom is 0.458 e. The predicted molar refractivity (Wildman–Crippen MR) is 59.0 cm³/mol. The van der Waals surface area contributed by atoms with Crippen molar-refractivity contribution in [3.05, 3.63) is 0 Å². The molecular weight excluding hydrogens is 405 g/mol. The second-order valence-corrected chi connectivity index (χ2v) is 4.60. The molecule has 0 saturated carbocycles. The van der Waals surface area contributed by atoms with Gasteiger partial charge in [0.25, 0.3) is 0 Å². The molecule has 0 aromatic heterocycles. The third-order valence-electron chi connectivity index (χ3n) is 2.66. The van der Waals surface area contributed by atoms with E-state index < -0.39 is 62.3 Å². The first-order valence-corrected chi connectivity index (χ1v) is 6.34. The van der Waals surface area contributed by atoms with Crippen LogP contribution in [-0.2, 0) is 19.0 Å². The van der Waals surface area contributed by atoms with Gasteiger partial charge in [-0.05, 0) is 0 Å². The van der Waals surface area contributed by atoms with Crippen LogP contribution >= 0.6 is 0 Å². The van der Waals surface area contributed by atoms with Crippen LogP contribution in [0.5, 0.6) is 0 Å². The van der Waals surface area contributed by atoms with Crippen LogP contribution in [0.1, 0.15) is 12.8 Å². The Morgan fingerprint density at radius 3 is 1.65 bits per heavy atom. The maximum atomic E-state index is 13.2. The highest BCUT2D eigenvalue weighted by atomic mass is 19.4. The molecule has 0 rings (SSSR count). The molecule has 0 aliphatic rings. The smallest absolute Gasteiger partial charge is 0.458 e. The molecule has 0 N–H and O–H groups in total. The van der Waals surface area contributed by atoms with Crippen molar-refractivity contribution >= 4 is 5.97 Å². The topological polar surface area (TPSA) is 44.8 Å². The van der Waals surface area contributed by atoms with Crippen LogP contribution in [-0.4, -0.2) is 56.5 Å². The molecule has 0 heterocycles. The first kappa shape index (κ1) is 24.6. The Balaban J connectivity index is 5.07. The molecule has 0 unspecified atom stereocenters. The fourth-order valence-corrected chi connectivity index (χ4v) is 1.23. The summed E-state index contributed by atoms with van der Waals surface area (Å²) in [6.45, 7) is -1.94. The van der Waals surface area contributed by atoms with E-state index in [0.29, 0.717) is 0 Å². The number of ether oxygens (including phenoxy) is 3. The number of carbonyl (C=O) groups is 1. The van der Waals surface area contributed by atoms with Crippen molar-refractivity contribution in [1.82, 2.24) is 0 Å². The fourth-order valence-electron chi connectivity index (χ4n) is 1.23. The standard InChI is InChI=1S/C11H11F11O4/c1-24-6(23)2-4-25-5-3-7(12,13)11(21,22)26-8(14,9(15,16)17)10(18,19)20/h2-5H2,1H3. The van der Waals surface area contributed by atoms with E-state index in [1.807, 2.05) is 4.74 Å². The van der Waals surface area contributed by atoms with Crippen molar-refractivity contribution in [2.45, 2.75) is 43.1 Å². The van der Waals surface area contributed by atoms with Gasteiger partial charge in [-0.1, -0.05) is 0 Å². The van der Waals surface area contributed by atoms with Crippen molar-refractivity contribution in [3.63, 3.8) is 0 Å². The van der Waals surface area contributed by atoms with E-state index >= 15 is 0 Å². The summed E-state index contributed by atoms with van der Waals surface area (Å²) in [5, 5.41) is 0. The molecule has 0 spiro atoms. The second-order valence-electron chi connectivity index (χ2n) is 4.60. The number of rotatable bonds is 9. The largest absolute Gasteiger partial charge is 0.469 e. The lowest BCUT2D eigenvalue weighted by Gasteiger charge is -2.35. The summed E-state index contributed by atoms with van der Waals surface area (Å²) in [6, 6.07) is 0. The van der Waals surface area contributed by atoms with E-state index in [2.05, 4.69) is 9.47 Å². The first-order valence-electron chi connectivity index (χ1n) is 6.34. The summed E-state index contributed by atoms with van der Waals surface area (Å²) < 4.78 is 149. The molecule has 0 aromatic carbocycles. The van der Waals surface area contributed by atoms with Gasteiger partial charge < -0.3 is 9.47 Å². The van der Waals surface area contributed by atoms with E-state index in [1.54, 1.807) is 0 Å². The summed E-state index contributed by atoms with van der Waals surface area (Å²) >= 11 is 0. The SMILES string of the molecule is COC(=O)CCOCCC(F)(F)C(F)(F)OC(F)(C(F)(F)F)C(F)(F)F. The summed E-state index contributed by atoms with van der Waals surface area (Å²) in [5.74, 6) is -13.6. The van der Waals surface area contributed by atoms with Crippen LogP contribution < -0.4 is 0 Å². The van der Waals surface area contributed by atoms with Gasteiger partial charge in [-0.3, -0.25) is 9.53 Å². The molecule has 0 aliphatic heterocycles. The van der Waals surface area contributed by atoms with Gasteiger partial charge in [0.15, 0.2) is 0 Å². The Kier molecular flexibility index (Phi) is 7.67. The minimum absolute atomic E-state index is 0.495. The molecular formula is C11H11F11O4. The number of halogens is 11. The zero-order valence-corrected chi connectivity index (χ0v) is 12.6. The fraction of sp³-hybridized carbons (Fsp3) is 0.909. The van der Waals surface area contributed by atoms with Gasteiger partial charge in [-0.25, -0.2) is 0 Å². The van der Waals surface area contributed by atoms with Crippen LogP contribution in [0, 0.1) is 0 Å². The summed E-state index contributed by atoms with van der Waals surface area (Å²) in [7, 11) is 0.957. The van der Waals surface area contributed by atoms with E-state index in [0.717, 1.165) is 7.11 Å². The molecule has 0 saturated heterocycles. The third kappa shape index (κ3) is 5.82. The zero-order chi connectivity index (χ0) is 21.0. The Bertz CT molecular complexity index is 458. The number of methoxy groups -OCH3 is 1. The molecule has 26 heavy (non-hydrogen) atoms. The summed E-state index contributed by atoms with van der Waals surface area (Å²) in [5.41, 5.74) is 0. The van der Waals surface area contributed by atoms with Gasteiger partial charge in [0.2, 0.25) is 0 Å². The number of hydrogen-bond acceptors (Lipinski definition) is 4. The average Bonchev–Trinajstić information content (AvgIpc) is 2.43. The lowest BCUT2D eigenvalue weighted by atomic mass is 10.2. The van der Waals surface area contributed by atoms with Gasteiger partial charge in [0, 0.05) is 6.42 Å². The lowest BCUT2D eigenvalue weighted by molar-refractivity contribution is -0.503. The molecule has 0 atom stereocenters. The summed E-state index contributed by atoms with van der Waals surface area (Å²) in [6.07, 6.45) is -23.3. The van der Waals surface area contributed by atoms with E-state index in [1.165, 1.54) is 0 Å². The highest BCUT2D eigenvalue weighted by molar-refractivity contribution is 5.69. The third-order valence-corrected chi connectivity index (χ3v) is 2.66.